The number of carbonyl (C=O) groups excluding carboxylic acids is 3. The molecule has 1 fully saturated rings. The Morgan fingerprint density at radius 2 is 1.86 bits per heavy atom. The van der Waals surface area contributed by atoms with E-state index in [0.717, 1.165) is 0 Å². The van der Waals surface area contributed by atoms with E-state index in [1.54, 1.807) is 0 Å². The van der Waals surface area contributed by atoms with Gasteiger partial charge in [0.05, 0.1) is 19.4 Å². The Bertz CT molecular complexity index is 605. The summed E-state index contributed by atoms with van der Waals surface area (Å²) >= 11 is 0. The van der Waals surface area contributed by atoms with Crippen molar-refractivity contribution in [3.63, 3.8) is 0 Å². The van der Waals surface area contributed by atoms with E-state index in [1.807, 2.05) is 0 Å². The van der Waals surface area contributed by atoms with Gasteiger partial charge in [-0.05, 0) is 31.5 Å². The highest BCUT2D eigenvalue weighted by atomic mass is 19.1. The maximum atomic E-state index is 13.0. The zero-order chi connectivity index (χ0) is 16.5. The van der Waals surface area contributed by atoms with Crippen molar-refractivity contribution >= 4 is 17.7 Å². The smallest absolute Gasteiger partial charge is 0.319 e. The van der Waals surface area contributed by atoms with Crippen molar-refractivity contribution in [1.82, 2.24) is 0 Å². The number of carbonyl (C=O) groups is 3. The van der Waals surface area contributed by atoms with Crippen LogP contribution < -0.4 is 0 Å². The summed E-state index contributed by atoms with van der Waals surface area (Å²) in [6, 6.07) is 5.29. The van der Waals surface area contributed by atoms with Gasteiger partial charge in [0, 0.05) is 0 Å². The van der Waals surface area contributed by atoms with Crippen molar-refractivity contribution in [2.75, 3.05) is 7.11 Å². The second-order valence-electron chi connectivity index (χ2n) is 5.75. The van der Waals surface area contributed by atoms with Crippen molar-refractivity contribution in [3.8, 4) is 0 Å². The van der Waals surface area contributed by atoms with Crippen LogP contribution in [0.2, 0.25) is 0 Å². The maximum Gasteiger partial charge on any atom is 0.319 e. The predicted octanol–water partition coefficient (Wildman–Crippen LogP) is 2.20. The molecule has 1 aromatic rings. The van der Waals surface area contributed by atoms with Gasteiger partial charge < -0.3 is 9.47 Å². The molecule has 1 aliphatic heterocycles. The number of Topliss-reactive ketones (excluding diaryl/α,β-unsaturated/α-hetero) is 1. The normalized spacial score (nSPS) is 23.8. The molecule has 5 nitrogen and oxygen atoms in total. The third kappa shape index (κ3) is 2.86. The van der Waals surface area contributed by atoms with Gasteiger partial charge in [0.2, 0.25) is 0 Å². The van der Waals surface area contributed by atoms with Crippen molar-refractivity contribution in [2.24, 2.45) is 11.3 Å². The summed E-state index contributed by atoms with van der Waals surface area (Å²) < 4.78 is 23.0. The van der Waals surface area contributed by atoms with Gasteiger partial charge in [0.15, 0.2) is 5.78 Å². The van der Waals surface area contributed by atoms with E-state index in [1.165, 1.54) is 45.2 Å². The van der Waals surface area contributed by atoms with Crippen LogP contribution in [0.4, 0.5) is 4.39 Å². The average Bonchev–Trinajstić information content (AvgIpc) is 2.49. The lowest BCUT2D eigenvalue weighted by Gasteiger charge is -2.37. The van der Waals surface area contributed by atoms with Crippen LogP contribution in [0.15, 0.2) is 24.3 Å². The van der Waals surface area contributed by atoms with Gasteiger partial charge in [-0.2, -0.15) is 0 Å². The molecule has 0 bridgehead atoms. The molecule has 0 radical (unpaired) electrons. The molecule has 0 N–H and O–H groups in total. The standard InChI is InChI=1S/C16H17FO5/c1-16(2)14(19)11(8-12(18)21-3)13(22-15(16)20)9-4-6-10(17)7-5-9/h4-7,11,13H,8H2,1-3H3/t11-,13-/m0/s1. The number of ether oxygens (including phenoxy) is 2. The second-order valence-corrected chi connectivity index (χ2v) is 5.75. The predicted molar refractivity (Wildman–Crippen MR) is 74.1 cm³/mol. The Kier molecular flexibility index (Phi) is 4.30. The molecule has 0 unspecified atom stereocenters. The highest BCUT2D eigenvalue weighted by molar-refractivity contribution is 6.07. The largest absolute Gasteiger partial charge is 0.469 e. The highest BCUT2D eigenvalue weighted by Gasteiger charge is 2.51. The average molecular weight is 308 g/mol. The number of benzene rings is 1. The minimum Gasteiger partial charge on any atom is -0.469 e. The van der Waals surface area contributed by atoms with Gasteiger partial charge in [0.1, 0.15) is 17.3 Å². The van der Waals surface area contributed by atoms with Gasteiger partial charge in [-0.1, -0.05) is 12.1 Å². The molecule has 0 spiro atoms. The number of cyclic esters (lactones) is 1. The molecule has 6 heteroatoms. The molecule has 22 heavy (non-hydrogen) atoms. The Balaban J connectivity index is 2.39. The van der Waals surface area contributed by atoms with Crippen molar-refractivity contribution in [3.05, 3.63) is 35.6 Å². The summed E-state index contributed by atoms with van der Waals surface area (Å²) in [6.45, 7) is 2.92. The zero-order valence-corrected chi connectivity index (χ0v) is 12.6. The number of esters is 2. The third-order valence-electron chi connectivity index (χ3n) is 3.88. The van der Waals surface area contributed by atoms with E-state index in [9.17, 15) is 18.8 Å². The van der Waals surface area contributed by atoms with E-state index in [2.05, 4.69) is 4.74 Å². The maximum absolute atomic E-state index is 13.0. The van der Waals surface area contributed by atoms with Crippen LogP contribution in [0.1, 0.15) is 31.9 Å². The van der Waals surface area contributed by atoms with E-state index in [4.69, 9.17) is 4.74 Å². The van der Waals surface area contributed by atoms with Gasteiger partial charge in [-0.3, -0.25) is 14.4 Å². The molecule has 118 valence electrons. The van der Waals surface area contributed by atoms with Crippen LogP contribution >= 0.6 is 0 Å². The van der Waals surface area contributed by atoms with Gasteiger partial charge in [-0.15, -0.1) is 0 Å². The Labute approximate surface area is 127 Å². The van der Waals surface area contributed by atoms with Crippen LogP contribution in [0.3, 0.4) is 0 Å². The summed E-state index contributed by atoms with van der Waals surface area (Å²) in [5.41, 5.74) is -0.859. The van der Waals surface area contributed by atoms with Crippen LogP contribution in [0, 0.1) is 17.2 Å². The molecule has 0 aliphatic carbocycles. The Morgan fingerprint density at radius 1 is 1.27 bits per heavy atom. The first kappa shape index (κ1) is 16.1. The molecule has 1 aromatic carbocycles. The van der Waals surface area contributed by atoms with E-state index in [0.29, 0.717) is 5.56 Å². The summed E-state index contributed by atoms with van der Waals surface area (Å²) in [5.74, 6) is -2.91. The fourth-order valence-electron chi connectivity index (χ4n) is 2.46. The quantitative estimate of drug-likeness (QED) is 0.632. The van der Waals surface area contributed by atoms with E-state index >= 15 is 0 Å². The molecule has 0 amide bonds. The molecule has 1 heterocycles. The number of methoxy groups -OCH3 is 1. The fraction of sp³-hybridized carbons (Fsp3) is 0.438. The molecule has 1 aliphatic rings. The Morgan fingerprint density at radius 3 is 2.41 bits per heavy atom. The van der Waals surface area contributed by atoms with Gasteiger partial charge >= 0.3 is 11.9 Å². The minimum absolute atomic E-state index is 0.200. The van der Waals surface area contributed by atoms with Gasteiger partial charge in [0.25, 0.3) is 0 Å². The molecule has 0 saturated carbocycles. The summed E-state index contributed by atoms with van der Waals surface area (Å²) in [4.78, 5) is 36.2. The molecular weight excluding hydrogens is 291 g/mol. The second kappa shape index (κ2) is 5.87. The van der Waals surface area contributed by atoms with Crippen LogP contribution in [0.5, 0.6) is 0 Å². The molecule has 0 aromatic heterocycles. The first-order valence-corrected chi connectivity index (χ1v) is 6.85. The minimum atomic E-state index is -1.32. The monoisotopic (exact) mass is 308 g/mol. The van der Waals surface area contributed by atoms with Crippen LogP contribution in [0.25, 0.3) is 0 Å². The van der Waals surface area contributed by atoms with Crippen molar-refractivity contribution < 1.29 is 28.2 Å². The van der Waals surface area contributed by atoms with Crippen LogP contribution in [-0.4, -0.2) is 24.8 Å². The lowest BCUT2D eigenvalue weighted by molar-refractivity contribution is -0.181. The zero-order valence-electron chi connectivity index (χ0n) is 12.6. The van der Waals surface area contributed by atoms with Crippen LogP contribution in [-0.2, 0) is 23.9 Å². The number of hydrogen-bond acceptors (Lipinski definition) is 5. The lowest BCUT2D eigenvalue weighted by atomic mass is 9.74. The molecule has 1 saturated heterocycles. The first-order chi connectivity index (χ1) is 10.3. The number of rotatable bonds is 3. The first-order valence-electron chi connectivity index (χ1n) is 6.85. The summed E-state index contributed by atoms with van der Waals surface area (Å²) in [7, 11) is 1.22. The highest BCUT2D eigenvalue weighted by Crippen LogP contribution is 2.41. The lowest BCUT2D eigenvalue weighted by Crippen LogP contribution is -2.48. The summed E-state index contributed by atoms with van der Waals surface area (Å²) in [5, 5.41) is 0. The van der Waals surface area contributed by atoms with E-state index < -0.39 is 35.2 Å². The molecule has 2 rings (SSSR count). The summed E-state index contributed by atoms with van der Waals surface area (Å²) in [6.07, 6.45) is -1.12. The van der Waals surface area contributed by atoms with Crippen molar-refractivity contribution in [1.29, 1.82) is 0 Å². The third-order valence-corrected chi connectivity index (χ3v) is 3.88. The number of halogens is 1. The van der Waals surface area contributed by atoms with Crippen molar-refractivity contribution in [2.45, 2.75) is 26.4 Å². The molecule has 2 atom stereocenters. The van der Waals surface area contributed by atoms with Gasteiger partial charge in [-0.25, -0.2) is 4.39 Å². The number of ketones is 1. The topological polar surface area (TPSA) is 69.7 Å². The van der Waals surface area contributed by atoms with E-state index in [-0.39, 0.29) is 12.2 Å². The SMILES string of the molecule is COC(=O)C[C@@H]1C(=O)C(C)(C)C(=O)O[C@H]1c1ccc(F)cc1. The molecular formula is C16H17FO5. The fourth-order valence-corrected chi connectivity index (χ4v) is 2.46. The Hall–Kier alpha value is -2.24. The number of hydrogen-bond donors (Lipinski definition) is 0.